The Morgan fingerprint density at radius 3 is 2.67 bits per heavy atom. The van der Waals surface area contributed by atoms with Crippen molar-refractivity contribution in [2.24, 2.45) is 5.73 Å². The van der Waals surface area contributed by atoms with E-state index in [2.05, 4.69) is 16.7 Å². The van der Waals surface area contributed by atoms with Crippen molar-refractivity contribution in [3.8, 4) is 0 Å². The standard InChI is InChI=1S/C16H25N3O2/c1-13-12-19(9-8-18(13)10-11-21-2)15(16(17)20)14-6-4-3-5-7-14/h3-7,13,15H,8-12H2,1-2H3,(H2,17,20)/t13-,15+/m1/s1. The number of hydrogen-bond donors (Lipinski definition) is 1. The highest BCUT2D eigenvalue weighted by Crippen LogP contribution is 2.23. The van der Waals surface area contributed by atoms with Gasteiger partial charge in [0.15, 0.2) is 0 Å². The molecule has 116 valence electrons. The van der Waals surface area contributed by atoms with Crippen LogP contribution in [-0.2, 0) is 9.53 Å². The third-order valence-corrected chi connectivity index (χ3v) is 4.13. The predicted octanol–water partition coefficient (Wildman–Crippen LogP) is 0.866. The highest BCUT2D eigenvalue weighted by molar-refractivity contribution is 5.81. The van der Waals surface area contributed by atoms with Crippen LogP contribution in [0, 0.1) is 0 Å². The molecular formula is C16H25N3O2. The summed E-state index contributed by atoms with van der Waals surface area (Å²) in [6, 6.07) is 9.84. The Morgan fingerprint density at radius 1 is 1.38 bits per heavy atom. The number of carbonyl (C=O) groups excluding carboxylic acids is 1. The summed E-state index contributed by atoms with van der Waals surface area (Å²) < 4.78 is 5.15. The zero-order valence-corrected chi connectivity index (χ0v) is 12.9. The second-order valence-corrected chi connectivity index (χ2v) is 5.59. The van der Waals surface area contributed by atoms with Crippen LogP contribution in [0.3, 0.4) is 0 Å². The second-order valence-electron chi connectivity index (χ2n) is 5.59. The molecule has 5 nitrogen and oxygen atoms in total. The second kappa shape index (κ2) is 7.54. The third kappa shape index (κ3) is 4.03. The molecule has 21 heavy (non-hydrogen) atoms. The molecule has 0 spiro atoms. The van der Waals surface area contributed by atoms with Gasteiger partial charge in [0.2, 0.25) is 5.91 Å². The van der Waals surface area contributed by atoms with Gasteiger partial charge in [0.05, 0.1) is 6.61 Å². The Morgan fingerprint density at radius 2 is 2.10 bits per heavy atom. The first kappa shape index (κ1) is 15.9. The van der Waals surface area contributed by atoms with Crippen LogP contribution in [0.1, 0.15) is 18.5 Å². The Labute approximate surface area is 126 Å². The lowest BCUT2D eigenvalue weighted by molar-refractivity contribution is -0.124. The first-order valence-corrected chi connectivity index (χ1v) is 7.44. The van der Waals surface area contributed by atoms with E-state index in [0.717, 1.165) is 38.3 Å². The van der Waals surface area contributed by atoms with Crippen LogP contribution in [0.25, 0.3) is 0 Å². The molecule has 1 saturated heterocycles. The van der Waals surface area contributed by atoms with Crippen LogP contribution >= 0.6 is 0 Å². The normalized spacial score (nSPS) is 22.1. The Hall–Kier alpha value is -1.43. The number of hydrogen-bond acceptors (Lipinski definition) is 4. The maximum atomic E-state index is 11.9. The molecule has 1 heterocycles. The molecule has 1 amide bonds. The van der Waals surface area contributed by atoms with Gasteiger partial charge in [0.1, 0.15) is 6.04 Å². The average molecular weight is 291 g/mol. The maximum Gasteiger partial charge on any atom is 0.239 e. The molecule has 2 atom stereocenters. The first-order chi connectivity index (χ1) is 10.1. The summed E-state index contributed by atoms with van der Waals surface area (Å²) >= 11 is 0. The molecule has 0 bridgehead atoms. The molecule has 0 aromatic heterocycles. The lowest BCUT2D eigenvalue weighted by atomic mass is 10.0. The minimum Gasteiger partial charge on any atom is -0.383 e. The number of nitrogens with two attached hydrogens (primary N) is 1. The molecule has 1 fully saturated rings. The summed E-state index contributed by atoms with van der Waals surface area (Å²) in [4.78, 5) is 16.5. The topological polar surface area (TPSA) is 58.8 Å². The first-order valence-electron chi connectivity index (χ1n) is 7.44. The molecule has 1 aliphatic rings. The van der Waals surface area contributed by atoms with Crippen molar-refractivity contribution >= 4 is 5.91 Å². The fraction of sp³-hybridized carbons (Fsp3) is 0.562. The molecule has 1 aromatic carbocycles. The number of benzene rings is 1. The van der Waals surface area contributed by atoms with Gasteiger partial charge in [0.25, 0.3) is 0 Å². The van der Waals surface area contributed by atoms with Crippen molar-refractivity contribution in [3.63, 3.8) is 0 Å². The molecule has 0 radical (unpaired) electrons. The Bertz CT molecular complexity index is 452. The number of primary amides is 1. The lowest BCUT2D eigenvalue weighted by Crippen LogP contribution is -2.55. The van der Waals surface area contributed by atoms with E-state index in [1.54, 1.807) is 7.11 Å². The van der Waals surface area contributed by atoms with E-state index >= 15 is 0 Å². The van der Waals surface area contributed by atoms with Gasteiger partial charge < -0.3 is 10.5 Å². The molecule has 5 heteroatoms. The molecule has 2 rings (SSSR count). The monoisotopic (exact) mass is 291 g/mol. The summed E-state index contributed by atoms with van der Waals surface area (Å²) in [6.07, 6.45) is 0. The van der Waals surface area contributed by atoms with Crippen LogP contribution < -0.4 is 5.73 Å². The van der Waals surface area contributed by atoms with Crippen LogP contribution in [0.5, 0.6) is 0 Å². The quantitative estimate of drug-likeness (QED) is 0.845. The number of nitrogens with zero attached hydrogens (tertiary/aromatic N) is 2. The van der Waals surface area contributed by atoms with E-state index in [9.17, 15) is 4.79 Å². The van der Waals surface area contributed by atoms with E-state index in [4.69, 9.17) is 10.5 Å². The fourth-order valence-electron chi connectivity index (χ4n) is 2.99. The Balaban J connectivity index is 2.05. The van der Waals surface area contributed by atoms with Crippen molar-refractivity contribution in [2.75, 3.05) is 39.9 Å². The Kier molecular flexibility index (Phi) is 5.73. The largest absolute Gasteiger partial charge is 0.383 e. The van der Waals surface area contributed by atoms with Crippen LogP contribution in [0.2, 0.25) is 0 Å². The molecule has 0 saturated carbocycles. The van der Waals surface area contributed by atoms with Gasteiger partial charge in [-0.25, -0.2) is 0 Å². The number of piperazine rings is 1. The zero-order chi connectivity index (χ0) is 15.2. The molecule has 2 N–H and O–H groups in total. The highest BCUT2D eigenvalue weighted by atomic mass is 16.5. The number of ether oxygens (including phenoxy) is 1. The van der Waals surface area contributed by atoms with Gasteiger partial charge in [-0.15, -0.1) is 0 Å². The molecule has 1 aliphatic heterocycles. The molecular weight excluding hydrogens is 266 g/mol. The number of carbonyl (C=O) groups is 1. The predicted molar refractivity (Wildman–Crippen MR) is 82.9 cm³/mol. The van der Waals surface area contributed by atoms with Crippen molar-refractivity contribution in [3.05, 3.63) is 35.9 Å². The summed E-state index contributed by atoms with van der Waals surface area (Å²) in [5, 5.41) is 0. The van der Waals surface area contributed by atoms with Crippen molar-refractivity contribution in [2.45, 2.75) is 19.0 Å². The molecule has 0 aliphatic carbocycles. The fourth-order valence-corrected chi connectivity index (χ4v) is 2.99. The summed E-state index contributed by atoms with van der Waals surface area (Å²) in [6.45, 7) is 6.47. The highest BCUT2D eigenvalue weighted by Gasteiger charge is 2.31. The van der Waals surface area contributed by atoms with E-state index < -0.39 is 0 Å². The maximum absolute atomic E-state index is 11.9. The molecule has 1 aromatic rings. The van der Waals surface area contributed by atoms with Crippen LogP contribution in [0.15, 0.2) is 30.3 Å². The molecule has 0 unspecified atom stereocenters. The van der Waals surface area contributed by atoms with Crippen molar-refractivity contribution < 1.29 is 9.53 Å². The third-order valence-electron chi connectivity index (χ3n) is 4.13. The van der Waals surface area contributed by atoms with Crippen molar-refractivity contribution in [1.29, 1.82) is 0 Å². The summed E-state index contributed by atoms with van der Waals surface area (Å²) in [5.74, 6) is -0.279. The SMILES string of the molecule is COCCN1CCN([C@H](C(N)=O)c2ccccc2)C[C@H]1C. The van der Waals surface area contributed by atoms with Crippen LogP contribution in [0.4, 0.5) is 0 Å². The van der Waals surface area contributed by atoms with Gasteiger partial charge in [-0.05, 0) is 12.5 Å². The minimum absolute atomic E-state index is 0.279. The van der Waals surface area contributed by atoms with Gasteiger partial charge in [0, 0.05) is 39.3 Å². The van der Waals surface area contributed by atoms with Gasteiger partial charge >= 0.3 is 0 Å². The average Bonchev–Trinajstić information content (AvgIpc) is 2.47. The van der Waals surface area contributed by atoms with E-state index in [0.29, 0.717) is 6.04 Å². The van der Waals surface area contributed by atoms with Gasteiger partial charge in [-0.3, -0.25) is 14.6 Å². The number of methoxy groups -OCH3 is 1. The van der Waals surface area contributed by atoms with Crippen molar-refractivity contribution in [1.82, 2.24) is 9.80 Å². The van der Waals surface area contributed by atoms with Crippen LogP contribution in [-0.4, -0.2) is 61.6 Å². The van der Waals surface area contributed by atoms with Gasteiger partial charge in [-0.1, -0.05) is 30.3 Å². The zero-order valence-electron chi connectivity index (χ0n) is 12.9. The minimum atomic E-state index is -0.335. The number of amides is 1. The lowest BCUT2D eigenvalue weighted by Gasteiger charge is -2.42. The summed E-state index contributed by atoms with van der Waals surface area (Å²) in [7, 11) is 1.72. The van der Waals surface area contributed by atoms with E-state index in [1.165, 1.54) is 0 Å². The van der Waals surface area contributed by atoms with E-state index in [1.807, 2.05) is 30.3 Å². The number of rotatable bonds is 6. The summed E-state index contributed by atoms with van der Waals surface area (Å²) in [5.41, 5.74) is 6.62. The van der Waals surface area contributed by atoms with E-state index in [-0.39, 0.29) is 11.9 Å². The van der Waals surface area contributed by atoms with Gasteiger partial charge in [-0.2, -0.15) is 0 Å². The smallest absolute Gasteiger partial charge is 0.239 e.